The molecule has 0 saturated carbocycles. The maximum Gasteiger partial charge on any atom is 0.193 e. The van der Waals surface area contributed by atoms with Crippen LogP contribution < -0.4 is 10.1 Å². The fourth-order valence-corrected chi connectivity index (χ4v) is 3.30. The van der Waals surface area contributed by atoms with Crippen molar-refractivity contribution in [3.8, 4) is 5.75 Å². The number of sulfone groups is 1. The monoisotopic (exact) mass is 551 g/mol. The Morgan fingerprint density at radius 1 is 1.14 bits per heavy atom. The molecule has 0 unspecified atom stereocenters. The van der Waals surface area contributed by atoms with Crippen molar-refractivity contribution in [3.63, 3.8) is 0 Å². The van der Waals surface area contributed by atoms with Crippen LogP contribution in [-0.4, -0.2) is 59.3 Å². The maximum atomic E-state index is 11.5. The van der Waals surface area contributed by atoms with E-state index in [0.717, 1.165) is 23.7 Å². The van der Waals surface area contributed by atoms with E-state index in [1.54, 1.807) is 31.3 Å². The van der Waals surface area contributed by atoms with E-state index >= 15 is 0 Å². The van der Waals surface area contributed by atoms with Gasteiger partial charge in [0.2, 0.25) is 0 Å². The van der Waals surface area contributed by atoms with Crippen molar-refractivity contribution in [3.05, 3.63) is 59.1 Å². The zero-order chi connectivity index (χ0) is 20.6. The lowest BCUT2D eigenvalue weighted by atomic mass is 10.1. The van der Waals surface area contributed by atoms with Gasteiger partial charge in [0.1, 0.15) is 12.4 Å². The van der Waals surface area contributed by atoms with Crippen LogP contribution in [0.1, 0.15) is 5.56 Å². The van der Waals surface area contributed by atoms with Crippen LogP contribution in [0.5, 0.6) is 5.75 Å². The summed E-state index contributed by atoms with van der Waals surface area (Å²) in [6.07, 6.45) is 1.97. The van der Waals surface area contributed by atoms with Gasteiger partial charge in [-0.15, -0.1) is 24.0 Å². The molecule has 160 valence electrons. The molecule has 0 aromatic heterocycles. The second kappa shape index (κ2) is 12.2. The highest BCUT2D eigenvalue weighted by atomic mass is 127. The summed E-state index contributed by atoms with van der Waals surface area (Å²) in [5.41, 5.74) is 1.06. The lowest BCUT2D eigenvalue weighted by Crippen LogP contribution is -2.41. The first kappa shape index (κ1) is 25.5. The molecule has 0 spiro atoms. The highest BCUT2D eigenvalue weighted by Gasteiger charge is 2.08. The molecular weight excluding hydrogens is 525 g/mol. The molecular formula is C20H27ClIN3O3S. The molecule has 0 saturated heterocycles. The summed E-state index contributed by atoms with van der Waals surface area (Å²) in [5.74, 6) is 1.55. The van der Waals surface area contributed by atoms with Crippen LogP contribution in [-0.2, 0) is 16.3 Å². The Labute approximate surface area is 195 Å². The molecule has 1 N–H and O–H groups in total. The fraction of sp³-hybridized carbons (Fsp3) is 0.350. The topological polar surface area (TPSA) is 71.0 Å². The number of rotatable bonds is 8. The number of hydrogen-bond donors (Lipinski definition) is 1. The Balaban J connectivity index is 0.00000420. The minimum absolute atomic E-state index is 0. The van der Waals surface area contributed by atoms with Gasteiger partial charge < -0.3 is 15.0 Å². The van der Waals surface area contributed by atoms with Gasteiger partial charge >= 0.3 is 0 Å². The average molecular weight is 552 g/mol. The molecule has 0 aliphatic rings. The van der Waals surface area contributed by atoms with E-state index in [0.29, 0.717) is 29.6 Å². The van der Waals surface area contributed by atoms with Crippen molar-refractivity contribution in [2.75, 3.05) is 40.0 Å². The Hall–Kier alpha value is -1.52. The fourth-order valence-electron chi connectivity index (χ4n) is 2.54. The molecule has 6 nitrogen and oxygen atoms in total. The Bertz CT molecular complexity index is 888. The van der Waals surface area contributed by atoms with Crippen molar-refractivity contribution in [2.24, 2.45) is 4.99 Å². The van der Waals surface area contributed by atoms with Crippen molar-refractivity contribution < 1.29 is 13.2 Å². The molecule has 2 aromatic rings. The SMILES string of the molecule is CN=C(NCCc1ccc(S(C)(=O)=O)cc1)N(C)CCOc1ccc(Cl)cc1.I. The van der Waals surface area contributed by atoms with Crippen molar-refractivity contribution in [2.45, 2.75) is 11.3 Å². The number of nitrogens with zero attached hydrogens (tertiary/aromatic N) is 2. The van der Waals surface area contributed by atoms with Gasteiger partial charge in [0.15, 0.2) is 15.8 Å². The lowest BCUT2D eigenvalue weighted by molar-refractivity contribution is 0.281. The Morgan fingerprint density at radius 2 is 1.76 bits per heavy atom. The molecule has 0 atom stereocenters. The minimum atomic E-state index is -3.16. The zero-order valence-corrected chi connectivity index (χ0v) is 20.7. The molecule has 0 aliphatic carbocycles. The highest BCUT2D eigenvalue weighted by molar-refractivity contribution is 14.0. The first-order chi connectivity index (χ1) is 13.3. The minimum Gasteiger partial charge on any atom is -0.492 e. The predicted octanol–water partition coefficient (Wildman–Crippen LogP) is 3.49. The molecule has 2 rings (SSSR count). The standard InChI is InChI=1S/C20H26ClN3O3S.HI/c1-22-20(24(2)14-15-27-18-8-6-17(21)7-9-18)23-13-12-16-4-10-19(11-5-16)28(3,25)26;/h4-11H,12-15H2,1-3H3,(H,22,23);1H. The Kier molecular flexibility index (Phi) is 10.8. The molecule has 0 bridgehead atoms. The van der Waals surface area contributed by atoms with Gasteiger partial charge in [-0.1, -0.05) is 23.7 Å². The molecule has 0 radical (unpaired) electrons. The van der Waals surface area contributed by atoms with E-state index in [1.165, 1.54) is 6.26 Å². The first-order valence-corrected chi connectivity index (χ1v) is 11.2. The molecule has 0 heterocycles. The number of benzene rings is 2. The molecule has 0 amide bonds. The van der Waals surface area contributed by atoms with Crippen LogP contribution in [0.15, 0.2) is 58.4 Å². The number of ether oxygens (including phenoxy) is 1. The van der Waals surface area contributed by atoms with Crippen molar-refractivity contribution in [1.29, 1.82) is 0 Å². The number of nitrogens with one attached hydrogen (secondary N) is 1. The lowest BCUT2D eigenvalue weighted by Gasteiger charge is -2.22. The van der Waals surface area contributed by atoms with Gasteiger partial charge in [-0.3, -0.25) is 4.99 Å². The zero-order valence-electron chi connectivity index (χ0n) is 16.8. The number of guanidine groups is 1. The third kappa shape index (κ3) is 8.79. The Morgan fingerprint density at radius 3 is 2.31 bits per heavy atom. The van der Waals surface area contributed by atoms with E-state index in [4.69, 9.17) is 16.3 Å². The van der Waals surface area contributed by atoms with E-state index in [2.05, 4.69) is 10.3 Å². The normalized spacial score (nSPS) is 11.5. The van der Waals surface area contributed by atoms with Gasteiger partial charge in [-0.2, -0.15) is 0 Å². The summed E-state index contributed by atoms with van der Waals surface area (Å²) >= 11 is 5.86. The predicted molar refractivity (Wildman–Crippen MR) is 130 cm³/mol. The van der Waals surface area contributed by atoms with Crippen LogP contribution in [0.4, 0.5) is 0 Å². The second-order valence-electron chi connectivity index (χ2n) is 6.36. The molecule has 29 heavy (non-hydrogen) atoms. The van der Waals surface area contributed by atoms with Crippen LogP contribution in [0.2, 0.25) is 5.02 Å². The van der Waals surface area contributed by atoms with Gasteiger partial charge in [0, 0.05) is 31.9 Å². The third-order valence-electron chi connectivity index (χ3n) is 4.13. The molecule has 2 aromatic carbocycles. The second-order valence-corrected chi connectivity index (χ2v) is 8.82. The number of likely N-dealkylation sites (N-methyl/N-ethyl adjacent to an activating group) is 1. The number of aliphatic imine (C=N–C) groups is 1. The van der Waals surface area contributed by atoms with Crippen LogP contribution >= 0.6 is 35.6 Å². The van der Waals surface area contributed by atoms with E-state index in [1.807, 2.05) is 36.2 Å². The highest BCUT2D eigenvalue weighted by Crippen LogP contribution is 2.15. The first-order valence-electron chi connectivity index (χ1n) is 8.89. The van der Waals surface area contributed by atoms with E-state index < -0.39 is 9.84 Å². The largest absolute Gasteiger partial charge is 0.492 e. The van der Waals surface area contributed by atoms with Crippen molar-refractivity contribution >= 4 is 51.4 Å². The van der Waals surface area contributed by atoms with Gasteiger partial charge in [0.05, 0.1) is 11.4 Å². The molecule has 9 heteroatoms. The molecule has 0 aliphatic heterocycles. The summed E-state index contributed by atoms with van der Waals surface area (Å²) in [4.78, 5) is 6.60. The van der Waals surface area contributed by atoms with Gasteiger partial charge in [0.25, 0.3) is 0 Å². The quantitative estimate of drug-likeness (QED) is 0.309. The summed E-state index contributed by atoms with van der Waals surface area (Å²) in [7, 11) is 0.522. The molecule has 0 fully saturated rings. The summed E-state index contributed by atoms with van der Waals surface area (Å²) in [5, 5.41) is 3.98. The van der Waals surface area contributed by atoms with Crippen LogP contribution in [0.3, 0.4) is 0 Å². The maximum absolute atomic E-state index is 11.5. The summed E-state index contributed by atoms with van der Waals surface area (Å²) in [6.45, 7) is 1.88. The van der Waals surface area contributed by atoms with Crippen LogP contribution in [0, 0.1) is 0 Å². The van der Waals surface area contributed by atoms with E-state index in [-0.39, 0.29) is 24.0 Å². The third-order valence-corrected chi connectivity index (χ3v) is 5.51. The average Bonchev–Trinajstić information content (AvgIpc) is 2.66. The summed E-state index contributed by atoms with van der Waals surface area (Å²) < 4.78 is 28.7. The van der Waals surface area contributed by atoms with Gasteiger partial charge in [-0.05, 0) is 48.4 Å². The van der Waals surface area contributed by atoms with Gasteiger partial charge in [-0.25, -0.2) is 8.42 Å². The van der Waals surface area contributed by atoms with E-state index in [9.17, 15) is 8.42 Å². The summed E-state index contributed by atoms with van der Waals surface area (Å²) in [6, 6.07) is 14.2. The smallest absolute Gasteiger partial charge is 0.193 e. The van der Waals surface area contributed by atoms with Crippen LogP contribution in [0.25, 0.3) is 0 Å². The number of halogens is 2. The number of hydrogen-bond acceptors (Lipinski definition) is 4. The van der Waals surface area contributed by atoms with Crippen molar-refractivity contribution in [1.82, 2.24) is 10.2 Å².